The van der Waals surface area contributed by atoms with Crippen molar-refractivity contribution in [2.45, 2.75) is 32.0 Å². The summed E-state index contributed by atoms with van der Waals surface area (Å²) in [5.41, 5.74) is 2.33. The number of hydrogen-bond acceptors (Lipinski definition) is 3. The Morgan fingerprint density at radius 2 is 2.19 bits per heavy atom. The maximum Gasteiger partial charge on any atom is 0.278 e. The van der Waals surface area contributed by atoms with Crippen molar-refractivity contribution in [3.05, 3.63) is 22.1 Å². The Morgan fingerprint density at radius 3 is 2.75 bits per heavy atom. The van der Waals surface area contributed by atoms with Crippen LogP contribution in [0, 0.1) is 6.92 Å². The van der Waals surface area contributed by atoms with Gasteiger partial charge in [0, 0.05) is 11.7 Å². The molecule has 1 N–H and O–H groups in total. The third kappa shape index (κ3) is 1.65. The molecule has 0 saturated carbocycles. The first-order chi connectivity index (χ1) is 7.54. The van der Waals surface area contributed by atoms with Gasteiger partial charge in [-0.05, 0) is 33.1 Å². The second-order valence-corrected chi connectivity index (χ2v) is 4.85. The van der Waals surface area contributed by atoms with E-state index in [9.17, 15) is 4.79 Å². The Kier molecular flexibility index (Phi) is 2.80. The quantitative estimate of drug-likeness (QED) is 0.644. The number of hydrogen-bond donors (Lipinski definition) is 1. The van der Waals surface area contributed by atoms with E-state index in [1.807, 2.05) is 33.1 Å². The van der Waals surface area contributed by atoms with Gasteiger partial charge in [-0.25, -0.2) is 4.98 Å². The second-order valence-electron chi connectivity index (χ2n) is 4.08. The highest BCUT2D eigenvalue weighted by Crippen LogP contribution is 2.18. The van der Waals surface area contributed by atoms with Gasteiger partial charge in [0.15, 0.2) is 5.16 Å². The predicted molar refractivity (Wildman–Crippen MR) is 67.3 cm³/mol. The monoisotopic (exact) mass is 237 g/mol. The summed E-state index contributed by atoms with van der Waals surface area (Å²) in [6, 6.07) is 2.02. The van der Waals surface area contributed by atoms with Crippen molar-refractivity contribution in [1.29, 1.82) is 0 Å². The molecule has 0 fully saturated rings. The maximum absolute atomic E-state index is 12.2. The SMILES string of the molecule is CSc1nc2cc(C)[nH]c2c(=O)n1C(C)C. The van der Waals surface area contributed by atoms with E-state index >= 15 is 0 Å². The summed E-state index contributed by atoms with van der Waals surface area (Å²) < 4.78 is 1.73. The van der Waals surface area contributed by atoms with E-state index in [0.717, 1.165) is 16.4 Å². The van der Waals surface area contributed by atoms with Crippen LogP contribution < -0.4 is 5.56 Å². The van der Waals surface area contributed by atoms with Crippen molar-refractivity contribution in [3.63, 3.8) is 0 Å². The fraction of sp³-hybridized carbons (Fsp3) is 0.455. The Hall–Kier alpha value is -1.23. The first-order valence-electron chi connectivity index (χ1n) is 5.20. The lowest BCUT2D eigenvalue weighted by atomic mass is 10.3. The van der Waals surface area contributed by atoms with Crippen LogP contribution >= 0.6 is 11.8 Å². The van der Waals surface area contributed by atoms with E-state index in [0.29, 0.717) is 5.52 Å². The fourth-order valence-electron chi connectivity index (χ4n) is 1.79. The van der Waals surface area contributed by atoms with Crippen molar-refractivity contribution < 1.29 is 0 Å². The van der Waals surface area contributed by atoms with E-state index in [4.69, 9.17) is 0 Å². The Balaban J connectivity index is 2.87. The number of aromatic amines is 1. The highest BCUT2D eigenvalue weighted by atomic mass is 32.2. The van der Waals surface area contributed by atoms with Gasteiger partial charge in [-0.1, -0.05) is 11.8 Å². The first kappa shape index (κ1) is 11.3. The molecule has 0 aliphatic carbocycles. The van der Waals surface area contributed by atoms with Crippen LogP contribution in [0.4, 0.5) is 0 Å². The normalized spacial score (nSPS) is 11.6. The molecular weight excluding hydrogens is 222 g/mol. The lowest BCUT2D eigenvalue weighted by molar-refractivity contribution is 0.519. The predicted octanol–water partition coefficient (Wildman–Crippen LogP) is 2.34. The van der Waals surface area contributed by atoms with E-state index in [1.165, 1.54) is 11.8 Å². The number of aromatic nitrogens is 3. The number of aryl methyl sites for hydroxylation is 1. The lowest BCUT2D eigenvalue weighted by Crippen LogP contribution is -2.24. The topological polar surface area (TPSA) is 50.7 Å². The van der Waals surface area contributed by atoms with Crippen LogP contribution in [-0.2, 0) is 0 Å². The average Bonchev–Trinajstić information content (AvgIpc) is 2.58. The third-order valence-corrected chi connectivity index (χ3v) is 3.14. The number of nitrogens with zero attached hydrogens (tertiary/aromatic N) is 2. The molecule has 0 aliphatic rings. The molecular formula is C11H15N3OS. The van der Waals surface area contributed by atoms with Gasteiger partial charge in [0.2, 0.25) is 0 Å². The third-order valence-electron chi connectivity index (χ3n) is 2.49. The van der Waals surface area contributed by atoms with Crippen molar-refractivity contribution in [2.24, 2.45) is 0 Å². The maximum atomic E-state index is 12.2. The van der Waals surface area contributed by atoms with Gasteiger partial charge >= 0.3 is 0 Å². The van der Waals surface area contributed by atoms with E-state index in [-0.39, 0.29) is 11.6 Å². The smallest absolute Gasteiger partial charge is 0.278 e. The van der Waals surface area contributed by atoms with E-state index in [2.05, 4.69) is 9.97 Å². The Morgan fingerprint density at radius 1 is 1.50 bits per heavy atom. The van der Waals surface area contributed by atoms with Gasteiger partial charge < -0.3 is 4.98 Å². The number of fused-ring (bicyclic) bond motifs is 1. The molecule has 0 aromatic carbocycles. The molecule has 2 aromatic rings. The standard InChI is InChI=1S/C11H15N3OS/c1-6(2)14-10(15)9-8(5-7(3)12-9)13-11(14)16-4/h5-6,12H,1-4H3. The molecule has 2 aromatic heterocycles. The van der Waals surface area contributed by atoms with Crippen LogP contribution in [0.1, 0.15) is 25.6 Å². The summed E-state index contributed by atoms with van der Waals surface area (Å²) in [7, 11) is 0. The molecule has 4 nitrogen and oxygen atoms in total. The highest BCUT2D eigenvalue weighted by molar-refractivity contribution is 7.98. The van der Waals surface area contributed by atoms with Gasteiger partial charge in [0.05, 0.1) is 5.52 Å². The Labute approximate surface area is 98.1 Å². The van der Waals surface area contributed by atoms with Gasteiger partial charge in [-0.15, -0.1) is 0 Å². The van der Waals surface area contributed by atoms with Crippen LogP contribution in [0.3, 0.4) is 0 Å². The molecule has 5 heteroatoms. The van der Waals surface area contributed by atoms with E-state index in [1.54, 1.807) is 4.57 Å². The van der Waals surface area contributed by atoms with Crippen molar-refractivity contribution in [1.82, 2.24) is 14.5 Å². The molecule has 0 atom stereocenters. The number of nitrogens with one attached hydrogen (secondary N) is 1. The molecule has 0 saturated heterocycles. The van der Waals surface area contributed by atoms with Gasteiger partial charge in [-0.2, -0.15) is 0 Å². The minimum Gasteiger partial charge on any atom is -0.353 e. The summed E-state index contributed by atoms with van der Waals surface area (Å²) in [5, 5.41) is 0.770. The van der Waals surface area contributed by atoms with Crippen LogP contribution in [0.15, 0.2) is 16.0 Å². The Bertz CT molecular complexity index is 583. The summed E-state index contributed by atoms with van der Waals surface area (Å²) in [6.45, 7) is 5.91. The van der Waals surface area contributed by atoms with Gasteiger partial charge in [-0.3, -0.25) is 9.36 Å². The summed E-state index contributed by atoms with van der Waals surface area (Å²) in [5.74, 6) is 0. The van der Waals surface area contributed by atoms with Gasteiger partial charge in [0.25, 0.3) is 5.56 Å². The summed E-state index contributed by atoms with van der Waals surface area (Å²) in [4.78, 5) is 19.8. The molecule has 2 rings (SSSR count). The molecule has 86 valence electrons. The first-order valence-corrected chi connectivity index (χ1v) is 6.43. The minimum absolute atomic E-state index is 0.0115. The summed E-state index contributed by atoms with van der Waals surface area (Å²) >= 11 is 1.50. The van der Waals surface area contributed by atoms with Crippen LogP contribution in [0.5, 0.6) is 0 Å². The highest BCUT2D eigenvalue weighted by Gasteiger charge is 2.13. The molecule has 0 radical (unpaired) electrons. The largest absolute Gasteiger partial charge is 0.353 e. The second kappa shape index (κ2) is 3.97. The molecule has 0 unspecified atom stereocenters. The van der Waals surface area contributed by atoms with Gasteiger partial charge in [0.1, 0.15) is 5.52 Å². The van der Waals surface area contributed by atoms with Crippen molar-refractivity contribution in [2.75, 3.05) is 6.26 Å². The average molecular weight is 237 g/mol. The number of rotatable bonds is 2. The number of H-pyrrole nitrogens is 1. The lowest BCUT2D eigenvalue weighted by Gasteiger charge is -2.13. The molecule has 16 heavy (non-hydrogen) atoms. The van der Waals surface area contributed by atoms with Crippen molar-refractivity contribution in [3.8, 4) is 0 Å². The van der Waals surface area contributed by atoms with Crippen LogP contribution in [0.2, 0.25) is 0 Å². The zero-order chi connectivity index (χ0) is 11.9. The van der Waals surface area contributed by atoms with E-state index < -0.39 is 0 Å². The van der Waals surface area contributed by atoms with Crippen molar-refractivity contribution >= 4 is 22.8 Å². The van der Waals surface area contributed by atoms with Crippen LogP contribution in [0.25, 0.3) is 11.0 Å². The molecule has 0 aliphatic heterocycles. The molecule has 0 amide bonds. The molecule has 0 spiro atoms. The zero-order valence-corrected chi connectivity index (χ0v) is 10.7. The summed E-state index contributed by atoms with van der Waals surface area (Å²) in [6.07, 6.45) is 1.94. The fourth-order valence-corrected chi connectivity index (χ4v) is 2.47. The molecule has 2 heterocycles. The minimum atomic E-state index is 0.0115. The number of thioether (sulfide) groups is 1. The molecule has 0 bridgehead atoms. The van der Waals surface area contributed by atoms with Crippen LogP contribution in [-0.4, -0.2) is 20.8 Å². The zero-order valence-electron chi connectivity index (χ0n) is 9.87.